The SMILES string of the molecule is Cc1ccc(C(=O)O)cc1Nc1ccc(-c2ccc(-n3cccn3)cc2)[nH]1. The molecule has 27 heavy (non-hydrogen) atoms. The molecule has 0 amide bonds. The largest absolute Gasteiger partial charge is 0.478 e. The summed E-state index contributed by atoms with van der Waals surface area (Å²) in [5, 5.41) is 16.7. The molecule has 6 nitrogen and oxygen atoms in total. The first kappa shape index (κ1) is 16.7. The molecule has 0 atom stereocenters. The molecular formula is C21H18N4O2. The van der Waals surface area contributed by atoms with E-state index in [2.05, 4.69) is 15.4 Å². The van der Waals surface area contributed by atoms with Crippen LogP contribution in [0.1, 0.15) is 15.9 Å². The van der Waals surface area contributed by atoms with E-state index in [4.69, 9.17) is 5.11 Å². The zero-order chi connectivity index (χ0) is 18.8. The summed E-state index contributed by atoms with van der Waals surface area (Å²) < 4.78 is 1.81. The van der Waals surface area contributed by atoms with Crippen LogP contribution in [-0.2, 0) is 0 Å². The van der Waals surface area contributed by atoms with Crippen LogP contribution < -0.4 is 5.32 Å². The van der Waals surface area contributed by atoms with Crippen molar-refractivity contribution in [3.8, 4) is 16.9 Å². The Labute approximate surface area is 156 Å². The van der Waals surface area contributed by atoms with Crippen molar-refractivity contribution in [2.45, 2.75) is 6.92 Å². The van der Waals surface area contributed by atoms with Crippen LogP contribution in [-0.4, -0.2) is 25.8 Å². The number of aryl methyl sites for hydroxylation is 1. The third-order valence-electron chi connectivity index (χ3n) is 4.39. The number of H-pyrrole nitrogens is 1. The fraction of sp³-hybridized carbons (Fsp3) is 0.0476. The van der Waals surface area contributed by atoms with Crippen LogP contribution in [0, 0.1) is 6.92 Å². The summed E-state index contributed by atoms with van der Waals surface area (Å²) in [6.07, 6.45) is 3.65. The van der Waals surface area contributed by atoms with E-state index in [-0.39, 0.29) is 5.56 Å². The van der Waals surface area contributed by atoms with E-state index < -0.39 is 5.97 Å². The zero-order valence-electron chi connectivity index (χ0n) is 14.7. The quantitative estimate of drug-likeness (QED) is 0.486. The van der Waals surface area contributed by atoms with Gasteiger partial charge in [0.25, 0.3) is 0 Å². The van der Waals surface area contributed by atoms with Crippen molar-refractivity contribution in [2.24, 2.45) is 0 Å². The van der Waals surface area contributed by atoms with Crippen LogP contribution in [0.3, 0.4) is 0 Å². The molecule has 0 radical (unpaired) electrons. The van der Waals surface area contributed by atoms with Gasteiger partial charge < -0.3 is 15.4 Å². The van der Waals surface area contributed by atoms with Crippen molar-refractivity contribution in [3.05, 3.63) is 84.2 Å². The summed E-state index contributed by atoms with van der Waals surface area (Å²) in [7, 11) is 0. The van der Waals surface area contributed by atoms with Gasteiger partial charge in [0.05, 0.1) is 11.3 Å². The fourth-order valence-electron chi connectivity index (χ4n) is 2.89. The van der Waals surface area contributed by atoms with Gasteiger partial charge in [0.1, 0.15) is 5.82 Å². The summed E-state index contributed by atoms with van der Waals surface area (Å²) in [5.74, 6) is -0.144. The predicted molar refractivity (Wildman–Crippen MR) is 105 cm³/mol. The molecule has 4 rings (SSSR count). The highest BCUT2D eigenvalue weighted by molar-refractivity contribution is 5.89. The highest BCUT2D eigenvalue weighted by atomic mass is 16.4. The minimum Gasteiger partial charge on any atom is -0.478 e. The maximum atomic E-state index is 11.2. The van der Waals surface area contributed by atoms with Crippen LogP contribution in [0.2, 0.25) is 0 Å². The van der Waals surface area contributed by atoms with Gasteiger partial charge in [0.2, 0.25) is 0 Å². The minimum absolute atomic E-state index is 0.254. The third kappa shape index (κ3) is 3.46. The molecule has 2 aromatic heterocycles. The summed E-state index contributed by atoms with van der Waals surface area (Å²) in [6, 6.07) is 18.9. The van der Waals surface area contributed by atoms with Crippen LogP contribution in [0.15, 0.2) is 73.1 Å². The van der Waals surface area contributed by atoms with E-state index >= 15 is 0 Å². The molecule has 0 bridgehead atoms. The molecule has 0 unspecified atom stereocenters. The lowest BCUT2D eigenvalue weighted by Crippen LogP contribution is -2.00. The van der Waals surface area contributed by atoms with Gasteiger partial charge in [-0.2, -0.15) is 5.10 Å². The predicted octanol–water partition coefficient (Wildman–Crippen LogP) is 4.62. The molecule has 0 aliphatic carbocycles. The lowest BCUT2D eigenvalue weighted by molar-refractivity contribution is 0.0697. The van der Waals surface area contributed by atoms with Crippen LogP contribution in [0.5, 0.6) is 0 Å². The zero-order valence-corrected chi connectivity index (χ0v) is 14.7. The van der Waals surface area contributed by atoms with Crippen LogP contribution in [0.25, 0.3) is 16.9 Å². The van der Waals surface area contributed by atoms with E-state index in [1.54, 1.807) is 24.4 Å². The Hall–Kier alpha value is -3.80. The number of benzene rings is 2. The molecular weight excluding hydrogens is 340 g/mol. The number of carboxylic acids is 1. The molecule has 3 N–H and O–H groups in total. The minimum atomic E-state index is -0.942. The monoisotopic (exact) mass is 358 g/mol. The Bertz CT molecular complexity index is 1080. The third-order valence-corrected chi connectivity index (χ3v) is 4.39. The molecule has 6 heteroatoms. The van der Waals surface area contributed by atoms with E-state index in [0.717, 1.165) is 34.0 Å². The summed E-state index contributed by atoms with van der Waals surface area (Å²) in [4.78, 5) is 14.5. The van der Waals surface area contributed by atoms with E-state index in [9.17, 15) is 4.79 Å². The van der Waals surface area contributed by atoms with Crippen molar-refractivity contribution in [3.63, 3.8) is 0 Å². The Balaban J connectivity index is 1.55. The normalized spacial score (nSPS) is 10.7. The maximum Gasteiger partial charge on any atom is 0.335 e. The summed E-state index contributed by atoms with van der Waals surface area (Å²) in [6.45, 7) is 1.94. The van der Waals surface area contributed by atoms with Crippen molar-refractivity contribution >= 4 is 17.5 Å². The first-order valence-corrected chi connectivity index (χ1v) is 8.50. The lowest BCUT2D eigenvalue weighted by Gasteiger charge is -2.09. The molecule has 134 valence electrons. The first-order valence-electron chi connectivity index (χ1n) is 8.50. The molecule has 0 aliphatic rings. The molecule has 0 saturated heterocycles. The molecule has 0 saturated carbocycles. The number of aromatic carboxylic acids is 1. The number of anilines is 2. The number of nitrogens with zero attached hydrogens (tertiary/aromatic N) is 2. The Morgan fingerprint density at radius 2 is 1.93 bits per heavy atom. The average Bonchev–Trinajstić information content (AvgIpc) is 3.35. The van der Waals surface area contributed by atoms with Crippen LogP contribution in [0.4, 0.5) is 11.5 Å². The number of rotatable bonds is 5. The van der Waals surface area contributed by atoms with Gasteiger partial charge in [-0.1, -0.05) is 18.2 Å². The van der Waals surface area contributed by atoms with Crippen molar-refractivity contribution in [2.75, 3.05) is 5.32 Å². The number of hydrogen-bond donors (Lipinski definition) is 3. The Morgan fingerprint density at radius 3 is 2.63 bits per heavy atom. The highest BCUT2D eigenvalue weighted by Crippen LogP contribution is 2.26. The average molecular weight is 358 g/mol. The van der Waals surface area contributed by atoms with Gasteiger partial charge in [-0.25, -0.2) is 9.48 Å². The molecule has 0 spiro atoms. The van der Waals surface area contributed by atoms with Crippen molar-refractivity contribution in [1.82, 2.24) is 14.8 Å². The number of nitrogens with one attached hydrogen (secondary N) is 2. The van der Waals surface area contributed by atoms with Gasteiger partial charge >= 0.3 is 5.97 Å². The van der Waals surface area contributed by atoms with Crippen molar-refractivity contribution < 1.29 is 9.90 Å². The van der Waals surface area contributed by atoms with Gasteiger partial charge in [0, 0.05) is 23.8 Å². The first-order chi connectivity index (χ1) is 13.1. The van der Waals surface area contributed by atoms with Gasteiger partial charge in [0.15, 0.2) is 0 Å². The van der Waals surface area contributed by atoms with Gasteiger partial charge in [-0.15, -0.1) is 0 Å². The number of carbonyl (C=O) groups is 1. The number of aromatic amines is 1. The van der Waals surface area contributed by atoms with Crippen molar-refractivity contribution in [1.29, 1.82) is 0 Å². The summed E-state index contributed by atoms with van der Waals surface area (Å²) >= 11 is 0. The molecule has 2 aromatic carbocycles. The molecule has 2 heterocycles. The molecule has 0 aliphatic heterocycles. The van der Waals surface area contributed by atoms with Gasteiger partial charge in [-0.3, -0.25) is 0 Å². The smallest absolute Gasteiger partial charge is 0.335 e. The molecule has 0 fully saturated rings. The van der Waals surface area contributed by atoms with Crippen LogP contribution >= 0.6 is 0 Å². The standard InChI is InChI=1S/C21H18N4O2/c1-14-3-4-16(21(26)27)13-19(14)24-20-10-9-18(23-20)15-5-7-17(8-6-15)25-12-2-11-22-25/h2-13,23-24H,1H3,(H,26,27). The van der Waals surface area contributed by atoms with E-state index in [0.29, 0.717) is 0 Å². The second kappa shape index (κ2) is 6.84. The second-order valence-corrected chi connectivity index (χ2v) is 6.24. The highest BCUT2D eigenvalue weighted by Gasteiger charge is 2.08. The fourth-order valence-corrected chi connectivity index (χ4v) is 2.89. The lowest BCUT2D eigenvalue weighted by atomic mass is 10.1. The Morgan fingerprint density at radius 1 is 1.11 bits per heavy atom. The van der Waals surface area contributed by atoms with E-state index in [1.165, 1.54) is 0 Å². The topological polar surface area (TPSA) is 82.9 Å². The second-order valence-electron chi connectivity index (χ2n) is 6.24. The number of carboxylic acid groups (broad SMARTS) is 1. The number of hydrogen-bond acceptors (Lipinski definition) is 3. The van der Waals surface area contributed by atoms with Gasteiger partial charge in [-0.05, 0) is 60.5 Å². The van der Waals surface area contributed by atoms with E-state index in [1.807, 2.05) is 60.3 Å². The Kier molecular flexibility index (Phi) is 4.22. The molecule has 4 aromatic rings. The number of aromatic nitrogens is 3. The maximum absolute atomic E-state index is 11.2. The summed E-state index contributed by atoms with van der Waals surface area (Å²) in [5.41, 5.74) is 5.00.